The van der Waals surface area contributed by atoms with E-state index < -0.39 is 21.6 Å². The Morgan fingerprint density at radius 2 is 1.72 bits per heavy atom. The van der Waals surface area contributed by atoms with Crippen molar-refractivity contribution in [3.63, 3.8) is 0 Å². The van der Waals surface area contributed by atoms with E-state index in [9.17, 15) is 17.6 Å². The molecule has 1 heterocycles. The number of ether oxygens (including phenoxy) is 1. The van der Waals surface area contributed by atoms with Gasteiger partial charge < -0.3 is 14.5 Å². The highest BCUT2D eigenvalue weighted by Crippen LogP contribution is 2.18. The summed E-state index contributed by atoms with van der Waals surface area (Å²) in [6.07, 6.45) is 0.468. The molecule has 0 aliphatic rings. The van der Waals surface area contributed by atoms with E-state index in [0.717, 1.165) is 0 Å². The number of furan rings is 1. The Morgan fingerprint density at radius 3 is 2.48 bits per heavy atom. The minimum absolute atomic E-state index is 0.0262. The number of benzene rings is 2. The second-order valence-electron chi connectivity index (χ2n) is 6.23. The summed E-state index contributed by atoms with van der Waals surface area (Å²) in [5.74, 6) is -0.862. The molecule has 0 radical (unpaired) electrons. The highest BCUT2D eigenvalue weighted by Gasteiger charge is 2.19. The Hall–Kier alpha value is -3.13. The highest BCUT2D eigenvalue weighted by molar-refractivity contribution is 7.90. The summed E-state index contributed by atoms with van der Waals surface area (Å²) in [4.78, 5) is 12.3. The van der Waals surface area contributed by atoms with E-state index >= 15 is 0 Å². The molecule has 3 rings (SSSR count). The molecular formula is C21H20FNO5S. The topological polar surface area (TPSA) is 85.6 Å². The van der Waals surface area contributed by atoms with Crippen LogP contribution in [0.3, 0.4) is 0 Å². The maximum Gasteiger partial charge on any atom is 0.286 e. The summed E-state index contributed by atoms with van der Waals surface area (Å²) in [7, 11) is -3.55. The summed E-state index contributed by atoms with van der Waals surface area (Å²) in [6.45, 7) is 0.533. The summed E-state index contributed by atoms with van der Waals surface area (Å²) < 4.78 is 48.8. The second-order valence-corrected chi connectivity index (χ2v) is 8.22. The molecule has 8 heteroatoms. The molecule has 0 spiro atoms. The number of carbonyl (C=O) groups excluding carboxylic acids is 1. The van der Waals surface area contributed by atoms with Crippen molar-refractivity contribution in [3.05, 3.63) is 84.1 Å². The van der Waals surface area contributed by atoms with Crippen LogP contribution < -0.4 is 10.1 Å². The van der Waals surface area contributed by atoms with Gasteiger partial charge in [-0.3, -0.25) is 4.79 Å². The smallest absolute Gasteiger partial charge is 0.286 e. The number of nitrogens with one attached hydrogen (secondary N) is 1. The lowest BCUT2D eigenvalue weighted by atomic mass is 10.3. The van der Waals surface area contributed by atoms with E-state index in [2.05, 4.69) is 5.32 Å². The normalized spacial score (nSPS) is 11.2. The molecule has 0 aliphatic carbocycles. The number of para-hydroxylation sites is 1. The first-order valence-electron chi connectivity index (χ1n) is 8.98. The van der Waals surface area contributed by atoms with Crippen LogP contribution in [0.15, 0.2) is 76.0 Å². The number of amides is 1. The molecule has 152 valence electrons. The molecule has 29 heavy (non-hydrogen) atoms. The zero-order valence-electron chi connectivity index (χ0n) is 15.5. The first-order valence-corrected chi connectivity index (χ1v) is 10.6. The average molecular weight is 417 g/mol. The van der Waals surface area contributed by atoms with Crippen LogP contribution in [0, 0.1) is 5.82 Å². The molecule has 0 saturated heterocycles. The van der Waals surface area contributed by atoms with Gasteiger partial charge in [0.15, 0.2) is 27.2 Å². The molecule has 3 aromatic rings. The molecular weight excluding hydrogens is 397 g/mol. The maximum atomic E-state index is 13.4. The quantitative estimate of drug-likeness (QED) is 0.538. The van der Waals surface area contributed by atoms with Crippen LogP contribution in [0.1, 0.15) is 22.7 Å². The lowest BCUT2D eigenvalue weighted by molar-refractivity contribution is 0.0922. The average Bonchev–Trinajstić information content (AvgIpc) is 3.17. The first-order chi connectivity index (χ1) is 14.0. The standard InChI is InChI=1S/C21H20FNO5S/c22-18-9-4-5-10-19(18)27-14-6-13-23-21(24)20-12-11-16(28-20)15-29(25,26)17-7-2-1-3-8-17/h1-5,7-12H,6,13-15H2,(H,23,24). The Morgan fingerprint density at radius 1 is 1.00 bits per heavy atom. The van der Waals surface area contributed by atoms with Crippen molar-refractivity contribution < 1.29 is 26.8 Å². The van der Waals surface area contributed by atoms with Gasteiger partial charge in [0, 0.05) is 6.54 Å². The molecule has 1 aromatic heterocycles. The highest BCUT2D eigenvalue weighted by atomic mass is 32.2. The van der Waals surface area contributed by atoms with Crippen LogP contribution in [0.2, 0.25) is 0 Å². The van der Waals surface area contributed by atoms with Crippen molar-refractivity contribution >= 4 is 15.7 Å². The van der Waals surface area contributed by atoms with Crippen molar-refractivity contribution in [2.24, 2.45) is 0 Å². The molecule has 6 nitrogen and oxygen atoms in total. The molecule has 0 saturated carbocycles. The maximum absolute atomic E-state index is 13.4. The van der Waals surface area contributed by atoms with E-state index in [4.69, 9.17) is 9.15 Å². The van der Waals surface area contributed by atoms with E-state index in [1.54, 1.807) is 30.3 Å². The summed E-state index contributed by atoms with van der Waals surface area (Å²) in [5.41, 5.74) is 0. The predicted octanol–water partition coefficient (Wildman–Crippen LogP) is 3.59. The number of halogens is 1. The minimum atomic E-state index is -3.55. The van der Waals surface area contributed by atoms with Gasteiger partial charge in [-0.25, -0.2) is 12.8 Å². The van der Waals surface area contributed by atoms with Crippen molar-refractivity contribution in [3.8, 4) is 5.75 Å². The van der Waals surface area contributed by atoms with Crippen LogP contribution in [0.25, 0.3) is 0 Å². The van der Waals surface area contributed by atoms with Gasteiger partial charge in [-0.15, -0.1) is 0 Å². The lowest BCUT2D eigenvalue weighted by Gasteiger charge is -2.07. The molecule has 0 atom stereocenters. The van der Waals surface area contributed by atoms with Gasteiger partial charge in [0.2, 0.25) is 0 Å². The van der Waals surface area contributed by atoms with E-state index in [-0.39, 0.29) is 34.5 Å². The summed E-state index contributed by atoms with van der Waals surface area (Å²) in [5, 5.41) is 2.65. The monoisotopic (exact) mass is 417 g/mol. The summed E-state index contributed by atoms with van der Waals surface area (Å²) >= 11 is 0. The lowest BCUT2D eigenvalue weighted by Crippen LogP contribution is -2.25. The second kappa shape index (κ2) is 9.38. The third kappa shape index (κ3) is 5.68. The number of hydrogen-bond acceptors (Lipinski definition) is 5. The number of hydrogen-bond donors (Lipinski definition) is 1. The van der Waals surface area contributed by atoms with Crippen LogP contribution in [0.4, 0.5) is 4.39 Å². The number of sulfone groups is 1. The van der Waals surface area contributed by atoms with Crippen LogP contribution in [-0.4, -0.2) is 27.5 Å². The number of carbonyl (C=O) groups is 1. The van der Waals surface area contributed by atoms with Gasteiger partial charge in [0.1, 0.15) is 11.5 Å². The third-order valence-corrected chi connectivity index (χ3v) is 5.68. The Kier molecular flexibility index (Phi) is 6.66. The molecule has 0 unspecified atom stereocenters. The first kappa shape index (κ1) is 20.6. The molecule has 1 N–H and O–H groups in total. The molecule has 2 aromatic carbocycles. The van der Waals surface area contributed by atoms with Gasteiger partial charge in [0.05, 0.1) is 11.5 Å². The van der Waals surface area contributed by atoms with Gasteiger partial charge in [-0.2, -0.15) is 0 Å². The van der Waals surface area contributed by atoms with Crippen molar-refractivity contribution in [2.75, 3.05) is 13.2 Å². The predicted molar refractivity (Wildman–Crippen MR) is 105 cm³/mol. The van der Waals surface area contributed by atoms with Crippen LogP contribution in [0.5, 0.6) is 5.75 Å². The van der Waals surface area contributed by atoms with E-state index in [1.165, 1.54) is 36.4 Å². The fourth-order valence-electron chi connectivity index (χ4n) is 2.58. The zero-order chi connectivity index (χ0) is 20.7. The van der Waals surface area contributed by atoms with Crippen molar-refractivity contribution in [2.45, 2.75) is 17.1 Å². The fourth-order valence-corrected chi connectivity index (χ4v) is 3.85. The molecule has 0 fully saturated rings. The third-order valence-electron chi connectivity index (χ3n) is 4.02. The fraction of sp³-hybridized carbons (Fsp3) is 0.190. The van der Waals surface area contributed by atoms with Crippen LogP contribution >= 0.6 is 0 Å². The molecule has 1 amide bonds. The Bertz CT molecular complexity index is 1060. The van der Waals surface area contributed by atoms with E-state index in [0.29, 0.717) is 13.0 Å². The molecule has 0 bridgehead atoms. The van der Waals surface area contributed by atoms with Gasteiger partial charge in [-0.1, -0.05) is 30.3 Å². The van der Waals surface area contributed by atoms with Crippen LogP contribution in [-0.2, 0) is 15.6 Å². The van der Waals surface area contributed by atoms with E-state index in [1.807, 2.05) is 0 Å². The number of rotatable bonds is 9. The van der Waals surface area contributed by atoms with Crippen molar-refractivity contribution in [1.82, 2.24) is 5.32 Å². The Labute approximate surface area is 168 Å². The summed E-state index contributed by atoms with van der Waals surface area (Å²) in [6, 6.07) is 17.0. The van der Waals surface area contributed by atoms with Gasteiger partial charge in [-0.05, 0) is 42.8 Å². The van der Waals surface area contributed by atoms with Crippen molar-refractivity contribution in [1.29, 1.82) is 0 Å². The largest absolute Gasteiger partial charge is 0.490 e. The van der Waals surface area contributed by atoms with Gasteiger partial charge in [0.25, 0.3) is 5.91 Å². The van der Waals surface area contributed by atoms with Gasteiger partial charge >= 0.3 is 0 Å². The Balaban J connectivity index is 1.46. The molecule has 0 aliphatic heterocycles. The SMILES string of the molecule is O=C(NCCCOc1ccccc1F)c1ccc(CS(=O)(=O)c2ccccc2)o1. The minimum Gasteiger partial charge on any atom is -0.490 e. The zero-order valence-corrected chi connectivity index (χ0v) is 16.3.